The Hall–Kier alpha value is -2.05. The van der Waals surface area contributed by atoms with Crippen LogP contribution in [0.1, 0.15) is 37.5 Å². The van der Waals surface area contributed by atoms with Gasteiger partial charge < -0.3 is 0 Å². The molecule has 5 aromatic carbocycles. The molecule has 0 fully saturated rings. The van der Waals surface area contributed by atoms with Gasteiger partial charge in [0.05, 0.1) is 0 Å². The first-order valence-electron chi connectivity index (χ1n) is 11.3. The number of halogens is 2. The molecule has 0 unspecified atom stereocenters. The topological polar surface area (TPSA) is 0 Å². The van der Waals surface area contributed by atoms with Gasteiger partial charge in [-0.15, -0.1) is 29.7 Å². The van der Waals surface area contributed by atoms with Crippen LogP contribution < -0.4 is 0 Å². The van der Waals surface area contributed by atoms with Gasteiger partial charge in [-0.3, -0.25) is 0 Å². The average Bonchev–Trinajstić information content (AvgIpc) is 3.54. The number of hydrogen-bond acceptors (Lipinski definition) is 0. The van der Waals surface area contributed by atoms with Crippen LogP contribution in [0.4, 0.5) is 0 Å². The van der Waals surface area contributed by atoms with Crippen molar-refractivity contribution in [3.63, 3.8) is 0 Å². The zero-order valence-electron chi connectivity index (χ0n) is 19.9. The molecule has 0 radical (unpaired) electrons. The summed E-state index contributed by atoms with van der Waals surface area (Å²) in [6, 6.07) is 43.5. The van der Waals surface area contributed by atoms with Gasteiger partial charge in [-0.1, -0.05) is 32.3 Å². The molecular formula is C31H30Cl2Zr-2. The van der Waals surface area contributed by atoms with E-state index in [4.69, 9.17) is 17.0 Å². The smallest absolute Gasteiger partial charge is 0.0809 e. The second-order valence-electron chi connectivity index (χ2n) is 8.95. The Labute approximate surface area is 218 Å². The molecular weight excluding hydrogens is 534 g/mol. The molecule has 174 valence electrons. The first kappa shape index (κ1) is 26.6. The molecule has 0 spiro atoms. The number of hydrogen-bond donors (Lipinski definition) is 0. The summed E-state index contributed by atoms with van der Waals surface area (Å²) in [6.07, 6.45) is 0. The van der Waals surface area contributed by atoms with Crippen molar-refractivity contribution >= 4 is 31.0 Å². The van der Waals surface area contributed by atoms with Gasteiger partial charge in [0.1, 0.15) is 0 Å². The molecule has 0 heterocycles. The van der Waals surface area contributed by atoms with E-state index in [0.717, 1.165) is 14.3 Å². The van der Waals surface area contributed by atoms with Crippen LogP contribution in [0, 0.1) is 0 Å². The molecule has 0 aliphatic carbocycles. The fraction of sp³-hybridized carbons (Fsp3) is 0.129. The van der Waals surface area contributed by atoms with Gasteiger partial charge in [-0.05, 0) is 0 Å². The molecule has 0 aliphatic heterocycles. The Morgan fingerprint density at radius 2 is 1.24 bits per heavy atom. The molecule has 0 N–H and O–H groups in total. The van der Waals surface area contributed by atoms with E-state index in [9.17, 15) is 0 Å². The van der Waals surface area contributed by atoms with Gasteiger partial charge in [0, 0.05) is 0 Å². The minimum absolute atomic E-state index is 0.323. The van der Waals surface area contributed by atoms with Crippen molar-refractivity contribution in [1.82, 2.24) is 0 Å². The van der Waals surface area contributed by atoms with Gasteiger partial charge in [0.2, 0.25) is 0 Å². The molecule has 0 aromatic heterocycles. The predicted octanol–water partition coefficient (Wildman–Crippen LogP) is 9.44. The van der Waals surface area contributed by atoms with Gasteiger partial charge >= 0.3 is 111 Å². The van der Waals surface area contributed by atoms with E-state index in [1.807, 2.05) is 36.4 Å². The van der Waals surface area contributed by atoms with E-state index in [1.54, 1.807) is 0 Å². The largest absolute Gasteiger partial charge is 0.168 e. The van der Waals surface area contributed by atoms with Gasteiger partial charge in [0.25, 0.3) is 0 Å². The molecule has 0 saturated carbocycles. The van der Waals surface area contributed by atoms with Crippen molar-refractivity contribution in [2.24, 2.45) is 0 Å². The second kappa shape index (κ2) is 13.2. The summed E-state index contributed by atoms with van der Waals surface area (Å²) in [6.45, 7) is 6.67. The third-order valence-electron chi connectivity index (χ3n) is 5.39. The normalized spacial score (nSPS) is 10.5. The van der Waals surface area contributed by atoms with E-state index in [2.05, 4.69) is 112 Å². The average molecular weight is 565 g/mol. The van der Waals surface area contributed by atoms with Crippen LogP contribution in [0.5, 0.6) is 0 Å². The zero-order valence-corrected chi connectivity index (χ0v) is 23.9. The predicted molar refractivity (Wildman–Crippen MR) is 148 cm³/mol. The van der Waals surface area contributed by atoms with Crippen molar-refractivity contribution in [2.75, 3.05) is 0 Å². The summed E-state index contributed by atoms with van der Waals surface area (Å²) >= 11 is -2.44. The van der Waals surface area contributed by atoms with E-state index in [-0.39, 0.29) is 0 Å². The Morgan fingerprint density at radius 1 is 0.676 bits per heavy atom. The Bertz CT molecular complexity index is 1200. The molecule has 3 heteroatoms. The van der Waals surface area contributed by atoms with E-state index < -0.39 is 18.9 Å². The monoisotopic (exact) mass is 562 g/mol. The molecule has 0 bridgehead atoms. The molecule has 0 aliphatic rings. The van der Waals surface area contributed by atoms with E-state index in [1.165, 1.54) is 16.3 Å². The maximum Gasteiger partial charge on any atom is -0.0809 e. The van der Waals surface area contributed by atoms with Crippen molar-refractivity contribution < 1.29 is 18.9 Å². The third-order valence-corrected chi connectivity index (χ3v) is 9.97. The molecule has 5 rings (SSSR count). The standard InChI is InChI=1S/C13H10.C9H7.C9H13.2ClH.Zr/c1-3-7-12(8-4-1)11-13-9-5-2-6-10-13;1-2-5-9-7-3-6-8(9)4-1;1-9(2,3)8-6-4-5-7-8;;;/h1-10H;1-7H;4-7H,1-3H3;2*1H;/q;2*-1;;;+2/p-2. The molecule has 34 heavy (non-hydrogen) atoms. The fourth-order valence-corrected chi connectivity index (χ4v) is 8.01. The molecule has 0 nitrogen and oxygen atoms in total. The summed E-state index contributed by atoms with van der Waals surface area (Å²) in [5.74, 6) is 0. The van der Waals surface area contributed by atoms with Crippen molar-refractivity contribution in [2.45, 2.75) is 26.2 Å². The SMILES string of the molecule is CC(C)(C)c1cc[cH-]c1.[Cl][Zr]([Cl])=[C](c1ccccc1)c1ccccc1.c1ccc2[cH-]ccc2c1. The van der Waals surface area contributed by atoms with Crippen LogP contribution in [-0.4, -0.2) is 3.21 Å². The quantitative estimate of drug-likeness (QED) is 0.187. The summed E-state index contributed by atoms with van der Waals surface area (Å²) in [4.78, 5) is 0. The third kappa shape index (κ3) is 8.02. The maximum atomic E-state index is 6.24. The Morgan fingerprint density at radius 3 is 1.68 bits per heavy atom. The zero-order chi connectivity index (χ0) is 24.4. The van der Waals surface area contributed by atoms with Crippen LogP contribution in [-0.2, 0) is 24.3 Å². The summed E-state index contributed by atoms with van der Waals surface area (Å²) < 4.78 is 1.15. The first-order chi connectivity index (χ1) is 16.4. The number of rotatable bonds is 2. The minimum atomic E-state index is -2.44. The molecule has 0 amide bonds. The second-order valence-corrected chi connectivity index (χ2v) is 17.1. The summed E-state index contributed by atoms with van der Waals surface area (Å²) in [7, 11) is 12.5. The van der Waals surface area contributed by atoms with Gasteiger partial charge in [-0.25, -0.2) is 6.07 Å². The Kier molecular flexibility index (Phi) is 10.3. The minimum Gasteiger partial charge on any atom is -0.168 e. The maximum absolute atomic E-state index is 6.24. The number of fused-ring (bicyclic) bond motifs is 1. The summed E-state index contributed by atoms with van der Waals surface area (Å²) in [5, 5.41) is 2.66. The van der Waals surface area contributed by atoms with Crippen LogP contribution >= 0.6 is 17.0 Å². The molecule has 0 saturated heterocycles. The van der Waals surface area contributed by atoms with Crippen LogP contribution in [0.25, 0.3) is 10.8 Å². The fourth-order valence-electron chi connectivity index (χ4n) is 3.54. The van der Waals surface area contributed by atoms with Gasteiger partial charge in [-0.2, -0.15) is 41.3 Å². The van der Waals surface area contributed by atoms with E-state index >= 15 is 0 Å². The van der Waals surface area contributed by atoms with Crippen molar-refractivity contribution in [1.29, 1.82) is 0 Å². The first-order valence-corrected chi connectivity index (χ1v) is 18.9. The molecule has 5 aromatic rings. The van der Waals surface area contributed by atoms with Crippen molar-refractivity contribution in [3.8, 4) is 0 Å². The summed E-state index contributed by atoms with van der Waals surface area (Å²) in [5.41, 5.74) is 4.03. The molecule has 0 atom stereocenters. The van der Waals surface area contributed by atoms with Crippen LogP contribution in [0.2, 0.25) is 0 Å². The van der Waals surface area contributed by atoms with E-state index in [0.29, 0.717) is 5.41 Å². The van der Waals surface area contributed by atoms with Crippen LogP contribution in [0.15, 0.2) is 127 Å². The van der Waals surface area contributed by atoms with Crippen molar-refractivity contribution in [3.05, 3.63) is 144 Å². The number of benzene rings is 3. The van der Waals surface area contributed by atoms with Gasteiger partial charge in [0.15, 0.2) is 0 Å². The Balaban J connectivity index is 0.000000153. The van der Waals surface area contributed by atoms with Crippen LogP contribution in [0.3, 0.4) is 0 Å².